The number of thiol groups is 1. The van der Waals surface area contributed by atoms with Gasteiger partial charge < -0.3 is 0 Å². The molecule has 1 saturated carbocycles. The normalized spacial score (nSPS) is 19.8. The number of halogens is 1. The first-order valence-electron chi connectivity index (χ1n) is 9.54. The van der Waals surface area contributed by atoms with E-state index in [0.717, 1.165) is 16.7 Å². The Morgan fingerprint density at radius 1 is 0.741 bits per heavy atom. The summed E-state index contributed by atoms with van der Waals surface area (Å²) < 4.78 is 14.8. The summed E-state index contributed by atoms with van der Waals surface area (Å²) >= 11 is 4.58. The van der Waals surface area contributed by atoms with Crippen LogP contribution in [0.5, 0.6) is 0 Å². The van der Waals surface area contributed by atoms with Crippen molar-refractivity contribution in [3.8, 4) is 22.3 Å². The van der Waals surface area contributed by atoms with E-state index in [0.29, 0.717) is 22.2 Å². The molecule has 0 aliphatic heterocycles. The minimum atomic E-state index is -0.201. The molecule has 0 N–H and O–H groups in total. The SMILES string of the molecule is [B]c1ccc(-c2ccc(-c3ccc(C4CCC(S)CC4)cc3)c(F)c2)cc1. The number of benzene rings is 3. The van der Waals surface area contributed by atoms with Gasteiger partial charge in [-0.2, -0.15) is 12.6 Å². The maximum absolute atomic E-state index is 14.8. The highest BCUT2D eigenvalue weighted by molar-refractivity contribution is 7.80. The van der Waals surface area contributed by atoms with Gasteiger partial charge in [0.2, 0.25) is 0 Å². The van der Waals surface area contributed by atoms with Gasteiger partial charge in [-0.25, -0.2) is 4.39 Å². The van der Waals surface area contributed by atoms with Crippen LogP contribution in [-0.4, -0.2) is 13.1 Å². The van der Waals surface area contributed by atoms with Crippen LogP contribution < -0.4 is 5.46 Å². The summed E-state index contributed by atoms with van der Waals surface area (Å²) in [7, 11) is 5.73. The van der Waals surface area contributed by atoms with Gasteiger partial charge in [0, 0.05) is 10.8 Å². The molecule has 1 fully saturated rings. The van der Waals surface area contributed by atoms with Crippen LogP contribution in [-0.2, 0) is 0 Å². The lowest BCUT2D eigenvalue weighted by Crippen LogP contribution is -2.12. The molecule has 0 saturated heterocycles. The average molecular weight is 372 g/mol. The van der Waals surface area contributed by atoms with E-state index in [9.17, 15) is 4.39 Å². The van der Waals surface area contributed by atoms with Gasteiger partial charge in [-0.1, -0.05) is 66.1 Å². The zero-order valence-electron chi connectivity index (χ0n) is 15.2. The molecule has 3 heteroatoms. The topological polar surface area (TPSA) is 0 Å². The predicted octanol–water partition coefficient (Wildman–Crippen LogP) is 5.91. The summed E-state index contributed by atoms with van der Waals surface area (Å²) in [4.78, 5) is 0. The van der Waals surface area contributed by atoms with Crippen molar-refractivity contribution in [2.75, 3.05) is 0 Å². The smallest absolute Gasteiger partial charge is 0.131 e. The predicted molar refractivity (Wildman–Crippen MR) is 117 cm³/mol. The third-order valence-electron chi connectivity index (χ3n) is 5.60. The first-order chi connectivity index (χ1) is 13.1. The second-order valence-electron chi connectivity index (χ2n) is 7.44. The molecule has 0 aromatic heterocycles. The maximum Gasteiger partial charge on any atom is 0.131 e. The molecule has 3 aromatic rings. The first kappa shape index (κ1) is 18.4. The van der Waals surface area contributed by atoms with Gasteiger partial charge in [0.25, 0.3) is 0 Å². The Morgan fingerprint density at radius 3 is 1.96 bits per heavy atom. The van der Waals surface area contributed by atoms with E-state index in [4.69, 9.17) is 7.85 Å². The summed E-state index contributed by atoms with van der Waals surface area (Å²) in [5.41, 5.74) is 5.45. The molecule has 1 aliphatic carbocycles. The highest BCUT2D eigenvalue weighted by Gasteiger charge is 2.20. The molecule has 4 rings (SSSR count). The van der Waals surface area contributed by atoms with Crippen molar-refractivity contribution in [2.24, 2.45) is 0 Å². The Balaban J connectivity index is 1.55. The van der Waals surface area contributed by atoms with Crippen molar-refractivity contribution in [3.63, 3.8) is 0 Å². The largest absolute Gasteiger partial charge is 0.206 e. The van der Waals surface area contributed by atoms with Crippen molar-refractivity contribution in [2.45, 2.75) is 36.9 Å². The van der Waals surface area contributed by atoms with Crippen LogP contribution in [0, 0.1) is 5.82 Å². The van der Waals surface area contributed by atoms with E-state index in [-0.39, 0.29) is 5.82 Å². The molecule has 134 valence electrons. The van der Waals surface area contributed by atoms with E-state index >= 15 is 0 Å². The summed E-state index contributed by atoms with van der Waals surface area (Å²) in [6, 6.07) is 21.3. The molecular weight excluding hydrogens is 350 g/mol. The van der Waals surface area contributed by atoms with Crippen molar-refractivity contribution >= 4 is 25.9 Å². The molecule has 0 nitrogen and oxygen atoms in total. The van der Waals surface area contributed by atoms with Gasteiger partial charge in [0.05, 0.1) is 0 Å². The molecule has 1 aliphatic rings. The molecule has 0 spiro atoms. The summed E-state index contributed by atoms with van der Waals surface area (Å²) in [5, 5.41) is 0.550. The van der Waals surface area contributed by atoms with Crippen molar-refractivity contribution in [1.29, 1.82) is 0 Å². The van der Waals surface area contributed by atoms with Gasteiger partial charge >= 0.3 is 0 Å². The highest BCUT2D eigenvalue weighted by atomic mass is 32.1. The fourth-order valence-electron chi connectivity index (χ4n) is 3.95. The molecule has 2 radical (unpaired) electrons. The van der Waals surface area contributed by atoms with Gasteiger partial charge in [-0.15, -0.1) is 0 Å². The van der Waals surface area contributed by atoms with Crippen LogP contribution in [0.25, 0.3) is 22.3 Å². The van der Waals surface area contributed by atoms with Crippen LogP contribution in [0.2, 0.25) is 0 Å². The van der Waals surface area contributed by atoms with Crippen LogP contribution >= 0.6 is 12.6 Å². The monoisotopic (exact) mass is 372 g/mol. The van der Waals surface area contributed by atoms with Crippen LogP contribution in [0.15, 0.2) is 66.7 Å². The Morgan fingerprint density at radius 2 is 1.33 bits per heavy atom. The Labute approximate surface area is 167 Å². The number of hydrogen-bond donors (Lipinski definition) is 1. The van der Waals surface area contributed by atoms with Crippen molar-refractivity contribution in [1.82, 2.24) is 0 Å². The van der Waals surface area contributed by atoms with Gasteiger partial charge in [-0.05, 0) is 59.9 Å². The second kappa shape index (κ2) is 7.94. The zero-order valence-corrected chi connectivity index (χ0v) is 16.1. The number of rotatable bonds is 3. The standard InChI is InChI=1S/C24H22BFS/c25-21-10-5-18(6-11-21)20-9-14-23(24(26)15-20)19-3-1-16(2-4-19)17-7-12-22(27)13-8-17/h1-6,9-11,14-15,17,22,27H,7-8,12-13H2. The molecule has 3 aromatic carbocycles. The van der Waals surface area contributed by atoms with E-state index in [1.807, 2.05) is 48.5 Å². The quantitative estimate of drug-likeness (QED) is 0.429. The molecule has 27 heavy (non-hydrogen) atoms. The molecule has 0 amide bonds. The van der Waals surface area contributed by atoms with E-state index in [1.165, 1.54) is 31.2 Å². The molecular formula is C24H22BFS. The maximum atomic E-state index is 14.8. The highest BCUT2D eigenvalue weighted by Crippen LogP contribution is 2.36. The van der Waals surface area contributed by atoms with Crippen LogP contribution in [0.4, 0.5) is 4.39 Å². The average Bonchev–Trinajstić information content (AvgIpc) is 2.69. The minimum absolute atomic E-state index is 0.201. The Bertz CT molecular complexity index is 910. The molecule has 0 bridgehead atoms. The Hall–Kier alpha value is -2.00. The third-order valence-corrected chi connectivity index (χ3v) is 6.12. The summed E-state index contributed by atoms with van der Waals surface area (Å²) in [6.45, 7) is 0. The van der Waals surface area contributed by atoms with Crippen molar-refractivity contribution in [3.05, 3.63) is 78.1 Å². The summed E-state index contributed by atoms with van der Waals surface area (Å²) in [5.74, 6) is 0.410. The third kappa shape index (κ3) is 4.14. The number of hydrogen-bond acceptors (Lipinski definition) is 1. The lowest BCUT2D eigenvalue weighted by atomic mass is 9.83. The molecule has 0 unspecified atom stereocenters. The molecule has 0 heterocycles. The summed E-state index contributed by atoms with van der Waals surface area (Å²) in [6.07, 6.45) is 4.74. The van der Waals surface area contributed by atoms with Crippen molar-refractivity contribution < 1.29 is 4.39 Å². The van der Waals surface area contributed by atoms with Gasteiger partial charge in [0.1, 0.15) is 13.7 Å². The van der Waals surface area contributed by atoms with E-state index in [1.54, 1.807) is 6.07 Å². The lowest BCUT2D eigenvalue weighted by Gasteiger charge is -2.26. The van der Waals surface area contributed by atoms with Gasteiger partial charge in [-0.3, -0.25) is 0 Å². The fraction of sp³-hybridized carbons (Fsp3) is 0.250. The lowest BCUT2D eigenvalue weighted by molar-refractivity contribution is 0.455. The zero-order chi connectivity index (χ0) is 18.8. The minimum Gasteiger partial charge on any atom is -0.206 e. The first-order valence-corrected chi connectivity index (χ1v) is 10.1. The van der Waals surface area contributed by atoms with E-state index < -0.39 is 0 Å². The fourth-order valence-corrected chi connectivity index (χ4v) is 4.25. The van der Waals surface area contributed by atoms with Crippen LogP contribution in [0.3, 0.4) is 0 Å². The van der Waals surface area contributed by atoms with E-state index in [2.05, 4.69) is 24.8 Å². The Kier molecular flexibility index (Phi) is 5.40. The molecule has 0 atom stereocenters. The van der Waals surface area contributed by atoms with Gasteiger partial charge in [0.15, 0.2) is 0 Å². The second-order valence-corrected chi connectivity index (χ2v) is 8.17. The van der Waals surface area contributed by atoms with Crippen LogP contribution in [0.1, 0.15) is 37.2 Å².